The summed E-state index contributed by atoms with van der Waals surface area (Å²) in [5, 5.41) is 9.26. The second-order valence-corrected chi connectivity index (χ2v) is 6.04. The van der Waals surface area contributed by atoms with Crippen molar-refractivity contribution in [1.82, 2.24) is 0 Å². The Morgan fingerprint density at radius 1 is 1.29 bits per heavy atom. The normalized spacial score (nSPS) is 16.9. The van der Waals surface area contributed by atoms with Crippen LogP contribution < -0.4 is 4.90 Å². The Hall–Kier alpha value is -1.48. The summed E-state index contributed by atoms with van der Waals surface area (Å²) in [5.74, 6) is -0.967. The number of anilines is 1. The molecule has 0 saturated heterocycles. The first kappa shape index (κ1) is 15.9. The smallest absolute Gasteiger partial charge is 0.328 e. The van der Waals surface area contributed by atoms with E-state index in [1.807, 2.05) is 18.2 Å². The first-order valence-electron chi connectivity index (χ1n) is 7.51. The molecule has 21 heavy (non-hydrogen) atoms. The zero-order valence-corrected chi connectivity index (χ0v) is 13.1. The number of nitrogens with zero attached hydrogens (tertiary/aromatic N) is 1. The summed E-state index contributed by atoms with van der Waals surface area (Å²) in [6.07, 6.45) is 10.4. The van der Waals surface area contributed by atoms with Crippen molar-refractivity contribution in [2.75, 3.05) is 11.9 Å². The summed E-state index contributed by atoms with van der Waals surface area (Å²) in [7, 11) is 2.12. The molecule has 0 spiro atoms. The van der Waals surface area contributed by atoms with Crippen molar-refractivity contribution in [2.24, 2.45) is 0 Å². The van der Waals surface area contributed by atoms with Crippen LogP contribution in [0.4, 0.5) is 5.69 Å². The lowest BCUT2D eigenvalue weighted by Gasteiger charge is -2.29. The van der Waals surface area contributed by atoms with E-state index in [2.05, 4.69) is 11.9 Å². The highest BCUT2D eigenvalue weighted by molar-refractivity contribution is 6.32. The number of aliphatic carboxylic acids is 1. The SMILES string of the molecule is CN(c1ccc(/C=C/C(=O)O)c(Cl)c1)C1CCCCCC1. The van der Waals surface area contributed by atoms with Crippen LogP contribution in [-0.2, 0) is 4.79 Å². The zero-order valence-electron chi connectivity index (χ0n) is 12.4. The number of carboxylic acid groups (broad SMARTS) is 1. The van der Waals surface area contributed by atoms with Crippen molar-refractivity contribution < 1.29 is 9.90 Å². The van der Waals surface area contributed by atoms with Crippen LogP contribution >= 0.6 is 11.6 Å². The molecule has 0 heterocycles. The van der Waals surface area contributed by atoms with Crippen molar-refractivity contribution in [3.8, 4) is 0 Å². The van der Waals surface area contributed by atoms with Gasteiger partial charge in [-0.05, 0) is 36.6 Å². The highest BCUT2D eigenvalue weighted by Gasteiger charge is 2.17. The summed E-state index contributed by atoms with van der Waals surface area (Å²) >= 11 is 6.26. The van der Waals surface area contributed by atoms with E-state index >= 15 is 0 Å². The Bertz CT molecular complexity index is 520. The Balaban J connectivity index is 2.12. The molecule has 0 amide bonds. The van der Waals surface area contributed by atoms with E-state index in [1.165, 1.54) is 44.6 Å². The van der Waals surface area contributed by atoms with Gasteiger partial charge in [0.2, 0.25) is 0 Å². The lowest BCUT2D eigenvalue weighted by molar-refractivity contribution is -0.131. The Morgan fingerprint density at radius 3 is 2.52 bits per heavy atom. The average Bonchev–Trinajstić information content (AvgIpc) is 2.74. The van der Waals surface area contributed by atoms with E-state index in [0.29, 0.717) is 11.1 Å². The average molecular weight is 308 g/mol. The number of carboxylic acids is 1. The number of rotatable bonds is 4. The summed E-state index contributed by atoms with van der Waals surface area (Å²) in [4.78, 5) is 12.9. The first-order valence-corrected chi connectivity index (χ1v) is 7.89. The van der Waals surface area contributed by atoms with Gasteiger partial charge in [-0.25, -0.2) is 4.79 Å². The fraction of sp³-hybridized carbons (Fsp3) is 0.471. The van der Waals surface area contributed by atoms with Crippen LogP contribution in [0.25, 0.3) is 6.08 Å². The molecule has 1 aromatic carbocycles. The monoisotopic (exact) mass is 307 g/mol. The lowest BCUT2D eigenvalue weighted by atomic mass is 10.1. The maximum atomic E-state index is 10.6. The molecular weight excluding hydrogens is 286 g/mol. The maximum Gasteiger partial charge on any atom is 0.328 e. The molecule has 1 aromatic rings. The molecular formula is C17H22ClNO2. The van der Waals surface area contributed by atoms with Crippen molar-refractivity contribution >= 4 is 29.3 Å². The molecule has 0 atom stereocenters. The van der Waals surface area contributed by atoms with E-state index < -0.39 is 5.97 Å². The van der Waals surface area contributed by atoms with Crippen LogP contribution in [0.2, 0.25) is 5.02 Å². The molecule has 1 aliphatic carbocycles. The third-order valence-corrected chi connectivity index (χ3v) is 4.50. The van der Waals surface area contributed by atoms with Gasteiger partial charge in [-0.3, -0.25) is 0 Å². The Kier molecular flexibility index (Phi) is 5.68. The van der Waals surface area contributed by atoms with E-state index in [1.54, 1.807) is 0 Å². The van der Waals surface area contributed by atoms with Gasteiger partial charge in [-0.1, -0.05) is 43.4 Å². The Morgan fingerprint density at radius 2 is 1.95 bits per heavy atom. The maximum absolute atomic E-state index is 10.6. The summed E-state index contributed by atoms with van der Waals surface area (Å²) in [5.41, 5.74) is 1.83. The standard InChI is InChI=1S/C17H22ClNO2/c1-19(14-6-4-2-3-5-7-14)15-10-8-13(16(18)12-15)9-11-17(20)21/h8-12,14H,2-7H2,1H3,(H,20,21)/b11-9+. The van der Waals surface area contributed by atoms with Gasteiger partial charge in [-0.15, -0.1) is 0 Å². The number of halogens is 1. The van der Waals surface area contributed by atoms with Gasteiger partial charge in [0.05, 0.1) is 0 Å². The number of carbonyl (C=O) groups is 1. The molecule has 0 aliphatic heterocycles. The second-order valence-electron chi connectivity index (χ2n) is 5.63. The van der Waals surface area contributed by atoms with Gasteiger partial charge in [0.1, 0.15) is 0 Å². The topological polar surface area (TPSA) is 40.5 Å². The van der Waals surface area contributed by atoms with Crippen molar-refractivity contribution in [3.63, 3.8) is 0 Å². The van der Waals surface area contributed by atoms with Crippen LogP contribution in [0, 0.1) is 0 Å². The Labute approximate surface area is 131 Å². The molecule has 0 radical (unpaired) electrons. The molecule has 1 N–H and O–H groups in total. The largest absolute Gasteiger partial charge is 0.478 e. The van der Waals surface area contributed by atoms with Gasteiger partial charge >= 0.3 is 5.97 Å². The third-order valence-electron chi connectivity index (χ3n) is 4.17. The van der Waals surface area contributed by atoms with Crippen molar-refractivity contribution in [2.45, 2.75) is 44.6 Å². The predicted octanol–water partition coefficient (Wildman–Crippen LogP) is 4.60. The number of hydrogen-bond acceptors (Lipinski definition) is 2. The molecule has 0 unspecified atom stereocenters. The zero-order chi connectivity index (χ0) is 15.2. The minimum absolute atomic E-state index is 0.573. The van der Waals surface area contributed by atoms with Gasteiger partial charge in [0.25, 0.3) is 0 Å². The third kappa shape index (κ3) is 4.50. The highest BCUT2D eigenvalue weighted by atomic mass is 35.5. The minimum atomic E-state index is -0.967. The molecule has 0 bridgehead atoms. The van der Waals surface area contributed by atoms with E-state index in [4.69, 9.17) is 16.7 Å². The summed E-state index contributed by atoms with van der Waals surface area (Å²) in [6.45, 7) is 0. The molecule has 3 nitrogen and oxygen atoms in total. The van der Waals surface area contributed by atoms with Crippen molar-refractivity contribution in [3.05, 3.63) is 34.9 Å². The van der Waals surface area contributed by atoms with Gasteiger partial charge in [0, 0.05) is 29.9 Å². The lowest BCUT2D eigenvalue weighted by Crippen LogP contribution is -2.30. The predicted molar refractivity (Wildman–Crippen MR) is 88.0 cm³/mol. The van der Waals surface area contributed by atoms with Crippen LogP contribution in [0.5, 0.6) is 0 Å². The van der Waals surface area contributed by atoms with E-state index in [-0.39, 0.29) is 0 Å². The van der Waals surface area contributed by atoms with Crippen LogP contribution in [0.1, 0.15) is 44.1 Å². The summed E-state index contributed by atoms with van der Waals surface area (Å²) in [6, 6.07) is 6.39. The minimum Gasteiger partial charge on any atom is -0.478 e. The second kappa shape index (κ2) is 7.51. The van der Waals surface area contributed by atoms with Gasteiger partial charge in [-0.2, -0.15) is 0 Å². The number of hydrogen-bond donors (Lipinski definition) is 1. The fourth-order valence-electron chi connectivity index (χ4n) is 2.89. The van der Waals surface area contributed by atoms with Gasteiger partial charge in [0.15, 0.2) is 0 Å². The molecule has 1 fully saturated rings. The van der Waals surface area contributed by atoms with Crippen LogP contribution in [0.3, 0.4) is 0 Å². The molecule has 4 heteroatoms. The van der Waals surface area contributed by atoms with Gasteiger partial charge < -0.3 is 10.0 Å². The fourth-order valence-corrected chi connectivity index (χ4v) is 3.13. The molecule has 2 rings (SSSR count). The molecule has 1 saturated carbocycles. The quantitative estimate of drug-likeness (QED) is 0.653. The van der Waals surface area contributed by atoms with Crippen molar-refractivity contribution in [1.29, 1.82) is 0 Å². The van der Waals surface area contributed by atoms with E-state index in [9.17, 15) is 4.79 Å². The first-order chi connectivity index (χ1) is 10.1. The van der Waals surface area contributed by atoms with Crippen LogP contribution in [0.15, 0.2) is 24.3 Å². The molecule has 1 aliphatic rings. The molecule has 114 valence electrons. The highest BCUT2D eigenvalue weighted by Crippen LogP contribution is 2.29. The van der Waals surface area contributed by atoms with Crippen LogP contribution in [-0.4, -0.2) is 24.2 Å². The molecule has 0 aromatic heterocycles. The summed E-state index contributed by atoms with van der Waals surface area (Å²) < 4.78 is 0. The number of benzene rings is 1. The van der Waals surface area contributed by atoms with E-state index in [0.717, 1.165) is 17.3 Å².